The first-order valence-electron chi connectivity index (χ1n) is 8.80. The predicted molar refractivity (Wildman–Crippen MR) is 112 cm³/mol. The Kier molecular flexibility index (Phi) is 7.27. The maximum absolute atomic E-state index is 12.7. The number of ether oxygens (including phenoxy) is 2. The van der Waals surface area contributed by atoms with Crippen LogP contribution in [0.15, 0.2) is 65.6 Å². The lowest BCUT2D eigenvalue weighted by Crippen LogP contribution is -2.35. The number of sulfone groups is 1. The Balaban J connectivity index is 1.62. The molecule has 1 heterocycles. The summed E-state index contributed by atoms with van der Waals surface area (Å²) in [6.45, 7) is 0.653. The normalized spacial score (nSPS) is 25.6. The number of aliphatic hydroxyl groups excluding tert-OH is 1. The second-order valence-corrected chi connectivity index (χ2v) is 9.53. The number of rotatable bonds is 8. The first-order valence-corrected chi connectivity index (χ1v) is 12.0. The Hall–Kier alpha value is -1.00. The van der Waals surface area contributed by atoms with Gasteiger partial charge in [-0.3, -0.25) is 0 Å². The highest BCUT2D eigenvalue weighted by Gasteiger charge is 2.45. The van der Waals surface area contributed by atoms with E-state index in [-0.39, 0.29) is 23.4 Å². The summed E-state index contributed by atoms with van der Waals surface area (Å²) in [5, 5.41) is 10.7. The van der Waals surface area contributed by atoms with E-state index >= 15 is 0 Å². The van der Waals surface area contributed by atoms with Crippen LogP contribution < -0.4 is 0 Å². The monoisotopic (exact) mass is 502 g/mol. The number of halogens is 1. The lowest BCUT2D eigenvalue weighted by molar-refractivity contribution is -0.0434. The zero-order chi connectivity index (χ0) is 19.3. The van der Waals surface area contributed by atoms with Crippen LogP contribution in [0.25, 0.3) is 0 Å². The maximum atomic E-state index is 12.7. The van der Waals surface area contributed by atoms with Crippen molar-refractivity contribution >= 4 is 32.4 Å². The van der Waals surface area contributed by atoms with Gasteiger partial charge in [0.25, 0.3) is 0 Å². The van der Waals surface area contributed by atoms with Crippen molar-refractivity contribution in [2.45, 2.75) is 29.8 Å². The van der Waals surface area contributed by atoms with E-state index < -0.39 is 28.0 Å². The van der Waals surface area contributed by atoms with E-state index in [0.717, 1.165) is 5.56 Å². The van der Waals surface area contributed by atoms with Crippen molar-refractivity contribution in [2.75, 3.05) is 16.8 Å². The summed E-state index contributed by atoms with van der Waals surface area (Å²) in [7, 11) is -3.49. The summed E-state index contributed by atoms with van der Waals surface area (Å²) in [6, 6.07) is 18.1. The van der Waals surface area contributed by atoms with Gasteiger partial charge in [-0.05, 0) is 17.7 Å². The van der Waals surface area contributed by atoms with Gasteiger partial charge >= 0.3 is 0 Å². The molecule has 1 N–H and O–H groups in total. The molecule has 5 nitrogen and oxygen atoms in total. The molecule has 1 aliphatic heterocycles. The van der Waals surface area contributed by atoms with Gasteiger partial charge in [0.05, 0.1) is 36.1 Å². The van der Waals surface area contributed by atoms with E-state index in [1.807, 2.05) is 30.3 Å². The minimum Gasteiger partial charge on any atom is -0.390 e. The molecule has 0 radical (unpaired) electrons. The number of alkyl halides is 1. The largest absolute Gasteiger partial charge is 0.390 e. The molecular formula is C20H23IO5S. The van der Waals surface area contributed by atoms with Crippen LogP contribution in [-0.2, 0) is 25.9 Å². The minimum absolute atomic E-state index is 0.138. The molecule has 0 spiro atoms. The molecule has 2 aromatic carbocycles. The van der Waals surface area contributed by atoms with E-state index in [4.69, 9.17) is 9.47 Å². The summed E-state index contributed by atoms with van der Waals surface area (Å²) in [6.07, 6.45) is -1.71. The van der Waals surface area contributed by atoms with Gasteiger partial charge in [-0.2, -0.15) is 0 Å². The Morgan fingerprint density at radius 2 is 1.63 bits per heavy atom. The molecule has 0 amide bonds. The SMILES string of the molecule is O=S(=O)(C[C@@H]1[C@@H](O)[C@@H](COCc2ccccc2)O[C@H]1CI)c1ccccc1. The number of benzene rings is 2. The predicted octanol–water partition coefficient (Wildman–Crippen LogP) is 2.86. The zero-order valence-electron chi connectivity index (χ0n) is 14.8. The quantitative estimate of drug-likeness (QED) is 0.444. The van der Waals surface area contributed by atoms with Crippen LogP contribution in [0.5, 0.6) is 0 Å². The second kappa shape index (κ2) is 9.47. The fourth-order valence-electron chi connectivity index (χ4n) is 3.24. The van der Waals surface area contributed by atoms with E-state index in [1.54, 1.807) is 30.3 Å². The average molecular weight is 502 g/mol. The molecule has 1 saturated heterocycles. The average Bonchev–Trinajstić information content (AvgIpc) is 2.98. The molecular weight excluding hydrogens is 479 g/mol. The summed E-state index contributed by atoms with van der Waals surface area (Å²) >= 11 is 2.17. The fourth-order valence-corrected chi connectivity index (χ4v) is 5.78. The first kappa shape index (κ1) is 20.7. The highest BCUT2D eigenvalue weighted by Crippen LogP contribution is 2.31. The van der Waals surface area contributed by atoms with Gasteiger partial charge < -0.3 is 14.6 Å². The molecule has 0 saturated carbocycles. The van der Waals surface area contributed by atoms with Crippen molar-refractivity contribution in [2.24, 2.45) is 5.92 Å². The molecule has 27 heavy (non-hydrogen) atoms. The maximum Gasteiger partial charge on any atom is 0.178 e. The summed E-state index contributed by atoms with van der Waals surface area (Å²) in [5.41, 5.74) is 1.04. The first-order chi connectivity index (χ1) is 13.0. The number of hydrogen-bond acceptors (Lipinski definition) is 5. The van der Waals surface area contributed by atoms with Gasteiger partial charge in [-0.25, -0.2) is 8.42 Å². The Bertz CT molecular complexity index is 813. The molecule has 7 heteroatoms. The van der Waals surface area contributed by atoms with Crippen molar-refractivity contribution in [1.82, 2.24) is 0 Å². The molecule has 3 rings (SSSR count). The molecule has 4 atom stereocenters. The third-order valence-electron chi connectivity index (χ3n) is 4.71. The number of hydrogen-bond donors (Lipinski definition) is 1. The Morgan fingerprint density at radius 1 is 1.00 bits per heavy atom. The van der Waals surface area contributed by atoms with Crippen molar-refractivity contribution < 1.29 is 23.0 Å². The Morgan fingerprint density at radius 3 is 2.26 bits per heavy atom. The van der Waals surface area contributed by atoms with E-state index in [1.165, 1.54) is 0 Å². The van der Waals surface area contributed by atoms with Crippen LogP contribution in [0.2, 0.25) is 0 Å². The zero-order valence-corrected chi connectivity index (χ0v) is 17.8. The smallest absolute Gasteiger partial charge is 0.178 e. The van der Waals surface area contributed by atoms with Gasteiger partial charge in [0.1, 0.15) is 6.10 Å². The van der Waals surface area contributed by atoms with Crippen molar-refractivity contribution in [3.63, 3.8) is 0 Å². The summed E-state index contributed by atoms with van der Waals surface area (Å²) in [4.78, 5) is 0.271. The van der Waals surface area contributed by atoms with Gasteiger partial charge in [-0.15, -0.1) is 0 Å². The van der Waals surface area contributed by atoms with Gasteiger partial charge in [-0.1, -0.05) is 71.1 Å². The topological polar surface area (TPSA) is 72.8 Å². The fraction of sp³-hybridized carbons (Fsp3) is 0.400. The highest BCUT2D eigenvalue weighted by molar-refractivity contribution is 14.1. The second-order valence-electron chi connectivity index (χ2n) is 6.62. The molecule has 0 aromatic heterocycles. The van der Waals surface area contributed by atoms with E-state index in [9.17, 15) is 13.5 Å². The van der Waals surface area contributed by atoms with Crippen molar-refractivity contribution in [1.29, 1.82) is 0 Å². The van der Waals surface area contributed by atoms with E-state index in [2.05, 4.69) is 22.6 Å². The minimum atomic E-state index is -3.49. The van der Waals surface area contributed by atoms with Crippen LogP contribution in [0.1, 0.15) is 5.56 Å². The van der Waals surface area contributed by atoms with Gasteiger partial charge in [0, 0.05) is 10.3 Å². The number of aliphatic hydroxyl groups is 1. The summed E-state index contributed by atoms with van der Waals surface area (Å²) < 4.78 is 37.6. The Labute approximate surface area is 173 Å². The molecule has 0 aliphatic carbocycles. The van der Waals surface area contributed by atoms with Crippen LogP contribution in [0.3, 0.4) is 0 Å². The molecule has 2 aromatic rings. The summed E-state index contributed by atoms with van der Waals surface area (Å²) in [5.74, 6) is -0.612. The van der Waals surface area contributed by atoms with Crippen molar-refractivity contribution in [3.05, 3.63) is 66.2 Å². The van der Waals surface area contributed by atoms with Gasteiger partial charge in [0.15, 0.2) is 9.84 Å². The van der Waals surface area contributed by atoms with Crippen LogP contribution >= 0.6 is 22.6 Å². The third kappa shape index (κ3) is 5.29. The lowest BCUT2D eigenvalue weighted by atomic mass is 9.99. The highest BCUT2D eigenvalue weighted by atomic mass is 127. The molecule has 0 unspecified atom stereocenters. The molecule has 0 bridgehead atoms. The lowest BCUT2D eigenvalue weighted by Gasteiger charge is -2.19. The van der Waals surface area contributed by atoms with Gasteiger partial charge in [0.2, 0.25) is 0 Å². The standard InChI is InChI=1S/C20H23IO5S/c21-11-18-17(14-27(23,24)16-9-5-2-6-10-16)20(22)19(26-18)13-25-12-15-7-3-1-4-8-15/h1-10,17-20,22H,11-14H2/t17-,18-,19+,20+/m0/s1. The molecule has 1 aliphatic rings. The van der Waals surface area contributed by atoms with E-state index in [0.29, 0.717) is 11.0 Å². The third-order valence-corrected chi connectivity index (χ3v) is 7.39. The van der Waals surface area contributed by atoms with Crippen LogP contribution in [0, 0.1) is 5.92 Å². The molecule has 1 fully saturated rings. The van der Waals surface area contributed by atoms with Crippen LogP contribution in [-0.4, -0.2) is 48.6 Å². The van der Waals surface area contributed by atoms with Crippen molar-refractivity contribution in [3.8, 4) is 0 Å². The molecule has 146 valence electrons. The van der Waals surface area contributed by atoms with Crippen LogP contribution in [0.4, 0.5) is 0 Å².